The molecule has 1 saturated carbocycles. The summed E-state index contributed by atoms with van der Waals surface area (Å²) in [6, 6.07) is 9.05. The first-order valence-corrected chi connectivity index (χ1v) is 8.55. The number of para-hydroxylation sites is 1. The number of rotatable bonds is 2. The molecule has 1 N–H and O–H groups in total. The maximum absolute atomic E-state index is 4.59. The third-order valence-corrected chi connectivity index (χ3v) is 5.15. The topological polar surface area (TPSA) is 24.9 Å². The van der Waals surface area contributed by atoms with Gasteiger partial charge in [0.25, 0.3) is 0 Å². The molecule has 3 heteroatoms. The first-order chi connectivity index (χ1) is 9.94. The van der Waals surface area contributed by atoms with Gasteiger partial charge in [-0.15, -0.1) is 0 Å². The van der Waals surface area contributed by atoms with Crippen molar-refractivity contribution in [2.24, 2.45) is 11.3 Å². The van der Waals surface area contributed by atoms with Crippen LogP contribution in [0.25, 0.3) is 10.9 Å². The van der Waals surface area contributed by atoms with Crippen molar-refractivity contribution in [3.05, 3.63) is 34.9 Å². The third-order valence-electron chi connectivity index (χ3n) is 4.71. The van der Waals surface area contributed by atoms with Crippen molar-refractivity contribution in [1.82, 2.24) is 4.98 Å². The molecule has 0 bridgehead atoms. The van der Waals surface area contributed by atoms with E-state index in [9.17, 15) is 0 Å². The van der Waals surface area contributed by atoms with Crippen molar-refractivity contribution >= 4 is 32.5 Å². The molecular weight excluding hydrogens is 324 g/mol. The second-order valence-electron chi connectivity index (χ2n) is 7.17. The summed E-state index contributed by atoms with van der Waals surface area (Å²) in [5.74, 6) is 0.694. The van der Waals surface area contributed by atoms with E-state index in [-0.39, 0.29) is 0 Å². The second-order valence-corrected chi connectivity index (χ2v) is 8.08. The normalized spacial score (nSPS) is 25.0. The number of hydrogen-bond donors (Lipinski definition) is 1. The average Bonchev–Trinajstić information content (AvgIpc) is 2.41. The number of pyridine rings is 1. The van der Waals surface area contributed by atoms with Gasteiger partial charge in [0.2, 0.25) is 0 Å². The van der Waals surface area contributed by atoms with Gasteiger partial charge in [0, 0.05) is 22.1 Å². The van der Waals surface area contributed by atoms with E-state index in [0.29, 0.717) is 17.4 Å². The highest BCUT2D eigenvalue weighted by Gasteiger charge is 2.32. The van der Waals surface area contributed by atoms with Gasteiger partial charge in [-0.1, -0.05) is 32.9 Å². The minimum absolute atomic E-state index is 0.486. The molecule has 112 valence electrons. The quantitative estimate of drug-likeness (QED) is 0.762. The van der Waals surface area contributed by atoms with Crippen LogP contribution in [-0.2, 0) is 0 Å². The molecule has 0 amide bonds. The van der Waals surface area contributed by atoms with Gasteiger partial charge in [-0.2, -0.15) is 0 Å². The van der Waals surface area contributed by atoms with E-state index in [2.05, 4.69) is 71.3 Å². The number of hydrogen-bond acceptors (Lipinski definition) is 2. The first-order valence-electron chi connectivity index (χ1n) is 7.75. The summed E-state index contributed by atoms with van der Waals surface area (Å²) in [5.41, 5.74) is 2.72. The molecule has 0 saturated heterocycles. The number of nitrogens with one attached hydrogen (secondary N) is 1. The highest BCUT2D eigenvalue weighted by molar-refractivity contribution is 9.10. The SMILES string of the molecule is CC1CC(C)(C)CCC1Nc1cccc2cc(Br)cnc12. The summed E-state index contributed by atoms with van der Waals surface area (Å²) >= 11 is 3.49. The number of fused-ring (bicyclic) bond motifs is 1. The van der Waals surface area contributed by atoms with Crippen LogP contribution in [0.15, 0.2) is 34.9 Å². The lowest BCUT2D eigenvalue weighted by Crippen LogP contribution is -2.36. The van der Waals surface area contributed by atoms with E-state index < -0.39 is 0 Å². The van der Waals surface area contributed by atoms with Crippen LogP contribution in [0.3, 0.4) is 0 Å². The second kappa shape index (κ2) is 5.60. The minimum Gasteiger partial charge on any atom is -0.380 e. The van der Waals surface area contributed by atoms with Gasteiger partial charge < -0.3 is 5.32 Å². The van der Waals surface area contributed by atoms with Crippen LogP contribution in [0.4, 0.5) is 5.69 Å². The Balaban J connectivity index is 1.85. The summed E-state index contributed by atoms with van der Waals surface area (Å²) in [5, 5.41) is 4.93. The zero-order valence-corrected chi connectivity index (χ0v) is 14.6. The van der Waals surface area contributed by atoms with Crippen LogP contribution in [-0.4, -0.2) is 11.0 Å². The average molecular weight is 347 g/mol. The maximum Gasteiger partial charge on any atom is 0.0934 e. The highest BCUT2D eigenvalue weighted by atomic mass is 79.9. The standard InChI is InChI=1S/C18H23BrN2/c1-12-10-18(2,3)8-7-15(12)21-16-6-4-5-13-9-14(19)11-20-17(13)16/h4-6,9,11-12,15,21H,7-8,10H2,1-3H3. The number of halogens is 1. The predicted molar refractivity (Wildman–Crippen MR) is 93.6 cm³/mol. The maximum atomic E-state index is 4.59. The summed E-state index contributed by atoms with van der Waals surface area (Å²) in [6.45, 7) is 7.14. The monoisotopic (exact) mass is 346 g/mol. The molecule has 1 heterocycles. The van der Waals surface area contributed by atoms with Crippen LogP contribution in [0, 0.1) is 11.3 Å². The van der Waals surface area contributed by atoms with Crippen LogP contribution >= 0.6 is 15.9 Å². The van der Waals surface area contributed by atoms with E-state index in [1.54, 1.807) is 0 Å². The Morgan fingerprint density at radius 2 is 2.14 bits per heavy atom. The molecule has 3 rings (SSSR count). The largest absolute Gasteiger partial charge is 0.380 e. The van der Waals surface area contributed by atoms with Gasteiger partial charge in [-0.05, 0) is 58.7 Å². The number of aromatic nitrogens is 1. The van der Waals surface area contributed by atoms with Crippen molar-refractivity contribution < 1.29 is 0 Å². The van der Waals surface area contributed by atoms with Gasteiger partial charge in [0.05, 0.1) is 11.2 Å². The third kappa shape index (κ3) is 3.23. The molecule has 0 spiro atoms. The molecule has 2 atom stereocenters. The summed E-state index contributed by atoms with van der Waals surface area (Å²) < 4.78 is 1.03. The fourth-order valence-corrected chi connectivity index (χ4v) is 3.96. The molecule has 2 unspecified atom stereocenters. The van der Waals surface area contributed by atoms with E-state index in [0.717, 1.165) is 15.7 Å². The van der Waals surface area contributed by atoms with Crippen molar-refractivity contribution in [3.8, 4) is 0 Å². The molecule has 2 aromatic rings. The molecule has 21 heavy (non-hydrogen) atoms. The van der Waals surface area contributed by atoms with Crippen molar-refractivity contribution in [2.75, 3.05) is 5.32 Å². The van der Waals surface area contributed by atoms with Crippen molar-refractivity contribution in [1.29, 1.82) is 0 Å². The van der Waals surface area contributed by atoms with Gasteiger partial charge in [0.15, 0.2) is 0 Å². The number of benzene rings is 1. The lowest BCUT2D eigenvalue weighted by atomic mass is 9.70. The van der Waals surface area contributed by atoms with E-state index in [1.807, 2.05) is 6.20 Å². The van der Waals surface area contributed by atoms with Gasteiger partial charge in [0.1, 0.15) is 0 Å². The smallest absolute Gasteiger partial charge is 0.0934 e. The van der Waals surface area contributed by atoms with Crippen LogP contribution in [0.2, 0.25) is 0 Å². The highest BCUT2D eigenvalue weighted by Crippen LogP contribution is 2.40. The molecule has 0 aliphatic heterocycles. The molecular formula is C18H23BrN2. The predicted octanol–water partition coefficient (Wildman–Crippen LogP) is 5.62. The zero-order chi connectivity index (χ0) is 15.0. The van der Waals surface area contributed by atoms with Crippen molar-refractivity contribution in [2.45, 2.75) is 46.1 Å². The number of anilines is 1. The molecule has 1 aliphatic rings. The minimum atomic E-state index is 0.486. The Morgan fingerprint density at radius 3 is 2.90 bits per heavy atom. The van der Waals surface area contributed by atoms with Crippen LogP contribution in [0.1, 0.15) is 40.0 Å². The molecule has 1 fully saturated rings. The fourth-order valence-electron chi connectivity index (χ4n) is 3.61. The van der Waals surface area contributed by atoms with E-state index in [1.165, 1.54) is 24.6 Å². The summed E-state index contributed by atoms with van der Waals surface area (Å²) in [7, 11) is 0. The Morgan fingerprint density at radius 1 is 1.33 bits per heavy atom. The van der Waals surface area contributed by atoms with Crippen LogP contribution in [0.5, 0.6) is 0 Å². The van der Waals surface area contributed by atoms with E-state index >= 15 is 0 Å². The Kier molecular flexibility index (Phi) is 3.96. The van der Waals surface area contributed by atoms with Gasteiger partial charge >= 0.3 is 0 Å². The zero-order valence-electron chi connectivity index (χ0n) is 13.0. The molecule has 1 aliphatic carbocycles. The van der Waals surface area contributed by atoms with Crippen molar-refractivity contribution in [3.63, 3.8) is 0 Å². The lowest BCUT2D eigenvalue weighted by Gasteiger charge is -2.40. The Hall–Kier alpha value is -1.09. The Bertz CT molecular complexity index is 651. The summed E-state index contributed by atoms with van der Waals surface area (Å²) in [4.78, 5) is 4.59. The van der Waals surface area contributed by atoms with Crippen LogP contribution < -0.4 is 5.32 Å². The van der Waals surface area contributed by atoms with Gasteiger partial charge in [-0.3, -0.25) is 4.98 Å². The molecule has 2 nitrogen and oxygen atoms in total. The lowest BCUT2D eigenvalue weighted by molar-refractivity contribution is 0.177. The fraction of sp³-hybridized carbons (Fsp3) is 0.500. The molecule has 1 aromatic carbocycles. The van der Waals surface area contributed by atoms with E-state index in [4.69, 9.17) is 0 Å². The number of nitrogens with zero attached hydrogens (tertiary/aromatic N) is 1. The summed E-state index contributed by atoms with van der Waals surface area (Å²) in [6.07, 6.45) is 5.69. The van der Waals surface area contributed by atoms with Gasteiger partial charge in [-0.25, -0.2) is 0 Å². The Labute approximate surface area is 135 Å². The molecule has 0 radical (unpaired) electrons. The molecule has 1 aromatic heterocycles. The first kappa shape index (κ1) is 14.8.